The van der Waals surface area contributed by atoms with E-state index in [1.807, 2.05) is 25.1 Å². The lowest BCUT2D eigenvalue weighted by Crippen LogP contribution is -2.25. The molecule has 0 radical (unpaired) electrons. The minimum Gasteiger partial charge on any atom is -0.486 e. The largest absolute Gasteiger partial charge is 0.486 e. The van der Waals surface area contributed by atoms with Gasteiger partial charge in [-0.05, 0) is 60.9 Å². The lowest BCUT2D eigenvalue weighted by atomic mass is 10.1. The van der Waals surface area contributed by atoms with E-state index in [2.05, 4.69) is 5.32 Å². The van der Waals surface area contributed by atoms with Gasteiger partial charge in [0.2, 0.25) is 5.91 Å². The first kappa shape index (κ1) is 17.0. The molecule has 1 amide bonds. The van der Waals surface area contributed by atoms with E-state index in [1.54, 1.807) is 19.1 Å². The average molecular weight is 341 g/mol. The van der Waals surface area contributed by atoms with E-state index < -0.39 is 0 Å². The second-order valence-electron chi connectivity index (χ2n) is 5.97. The maximum absolute atomic E-state index is 13.1. The van der Waals surface area contributed by atoms with Crippen LogP contribution < -0.4 is 14.8 Å². The van der Waals surface area contributed by atoms with E-state index in [1.165, 1.54) is 18.2 Å². The molecular formula is C20H20FNO3. The molecular weight excluding hydrogens is 321 g/mol. The highest BCUT2D eigenvalue weighted by atomic mass is 19.1. The number of hydrogen-bond donors (Lipinski definition) is 1. The fourth-order valence-corrected chi connectivity index (χ4v) is 2.67. The number of aryl methyl sites for hydroxylation is 1. The molecule has 0 fully saturated rings. The summed E-state index contributed by atoms with van der Waals surface area (Å²) in [6, 6.07) is 9.93. The number of amides is 1. The minimum absolute atomic E-state index is 0.178. The van der Waals surface area contributed by atoms with Crippen LogP contribution in [0.3, 0.4) is 0 Å². The first-order valence-corrected chi connectivity index (χ1v) is 8.17. The van der Waals surface area contributed by atoms with Gasteiger partial charge >= 0.3 is 0 Å². The Balaban J connectivity index is 1.65. The molecule has 130 valence electrons. The number of benzene rings is 2. The van der Waals surface area contributed by atoms with Gasteiger partial charge in [-0.3, -0.25) is 4.79 Å². The smallest absolute Gasteiger partial charge is 0.244 e. The van der Waals surface area contributed by atoms with Gasteiger partial charge in [0.15, 0.2) is 11.5 Å². The highest BCUT2D eigenvalue weighted by Crippen LogP contribution is 2.32. The first-order valence-electron chi connectivity index (χ1n) is 8.17. The van der Waals surface area contributed by atoms with Gasteiger partial charge in [-0.1, -0.05) is 12.1 Å². The Labute approximate surface area is 146 Å². The molecule has 0 bridgehead atoms. The monoisotopic (exact) mass is 341 g/mol. The van der Waals surface area contributed by atoms with E-state index in [4.69, 9.17) is 9.47 Å². The Morgan fingerprint density at radius 3 is 2.68 bits per heavy atom. The molecule has 0 saturated carbocycles. The number of nitrogens with one attached hydrogen (secondary N) is 1. The van der Waals surface area contributed by atoms with Crippen molar-refractivity contribution in [2.75, 3.05) is 13.2 Å². The van der Waals surface area contributed by atoms with E-state index in [-0.39, 0.29) is 17.8 Å². The summed E-state index contributed by atoms with van der Waals surface area (Å²) in [6.07, 6.45) is 3.13. The summed E-state index contributed by atoms with van der Waals surface area (Å²) in [6.45, 7) is 4.78. The molecule has 1 aliphatic rings. The van der Waals surface area contributed by atoms with Gasteiger partial charge in [-0.15, -0.1) is 0 Å². The summed E-state index contributed by atoms with van der Waals surface area (Å²) in [5.74, 6) is 0.917. The van der Waals surface area contributed by atoms with Gasteiger partial charge in [0.25, 0.3) is 0 Å². The average Bonchev–Trinajstić information content (AvgIpc) is 2.60. The molecule has 2 aromatic carbocycles. The fourth-order valence-electron chi connectivity index (χ4n) is 2.67. The maximum Gasteiger partial charge on any atom is 0.244 e. The zero-order valence-electron chi connectivity index (χ0n) is 14.2. The summed E-state index contributed by atoms with van der Waals surface area (Å²) in [4.78, 5) is 12.1. The Morgan fingerprint density at radius 1 is 1.16 bits per heavy atom. The van der Waals surface area contributed by atoms with Gasteiger partial charge in [-0.2, -0.15) is 0 Å². The number of halogens is 1. The topological polar surface area (TPSA) is 47.6 Å². The third kappa shape index (κ3) is 4.18. The maximum atomic E-state index is 13.1. The van der Waals surface area contributed by atoms with Gasteiger partial charge < -0.3 is 14.8 Å². The van der Waals surface area contributed by atoms with Crippen LogP contribution in [-0.2, 0) is 4.79 Å². The van der Waals surface area contributed by atoms with Crippen molar-refractivity contribution in [3.63, 3.8) is 0 Å². The van der Waals surface area contributed by atoms with Crippen molar-refractivity contribution < 1.29 is 18.7 Å². The van der Waals surface area contributed by atoms with E-state index in [0.717, 1.165) is 22.4 Å². The third-order valence-corrected chi connectivity index (χ3v) is 4.07. The molecule has 5 heteroatoms. The standard InChI is InChI=1S/C20H20FNO3/c1-13-11-17(21)6-3-15(13)5-8-20(23)22-14(2)16-4-7-18-19(12-16)25-10-9-24-18/h3-8,11-12,14H,9-10H2,1-2H3,(H,22,23)/b8-5+. The molecule has 25 heavy (non-hydrogen) atoms. The molecule has 1 unspecified atom stereocenters. The number of fused-ring (bicyclic) bond motifs is 1. The Kier molecular flexibility index (Phi) is 5.03. The Hall–Kier alpha value is -2.82. The number of hydrogen-bond acceptors (Lipinski definition) is 3. The normalized spacial score (nSPS) is 14.4. The quantitative estimate of drug-likeness (QED) is 0.861. The SMILES string of the molecule is Cc1cc(F)ccc1/C=C/C(=O)NC(C)c1ccc2c(c1)OCCO2. The van der Waals surface area contributed by atoms with Crippen LogP contribution in [-0.4, -0.2) is 19.1 Å². The second kappa shape index (κ2) is 7.38. The van der Waals surface area contributed by atoms with Crippen LogP contribution in [0.2, 0.25) is 0 Å². The highest BCUT2D eigenvalue weighted by molar-refractivity contribution is 5.92. The number of rotatable bonds is 4. The van der Waals surface area contributed by atoms with Gasteiger partial charge in [0.1, 0.15) is 19.0 Å². The zero-order chi connectivity index (χ0) is 17.8. The third-order valence-electron chi connectivity index (χ3n) is 4.07. The van der Waals surface area contributed by atoms with Crippen LogP contribution in [0.4, 0.5) is 4.39 Å². The number of ether oxygens (including phenoxy) is 2. The number of carbonyl (C=O) groups is 1. The van der Waals surface area contributed by atoms with Crippen molar-refractivity contribution in [1.82, 2.24) is 5.32 Å². The Bertz CT molecular complexity index is 817. The summed E-state index contributed by atoms with van der Waals surface area (Å²) in [5.41, 5.74) is 2.52. The summed E-state index contributed by atoms with van der Waals surface area (Å²) < 4.78 is 24.2. The lowest BCUT2D eigenvalue weighted by Gasteiger charge is -2.20. The van der Waals surface area contributed by atoms with Crippen molar-refractivity contribution in [2.24, 2.45) is 0 Å². The highest BCUT2D eigenvalue weighted by Gasteiger charge is 2.15. The second-order valence-corrected chi connectivity index (χ2v) is 5.97. The van der Waals surface area contributed by atoms with E-state index in [9.17, 15) is 9.18 Å². The molecule has 0 aromatic heterocycles. The van der Waals surface area contributed by atoms with Crippen molar-refractivity contribution in [3.05, 3.63) is 65.0 Å². The summed E-state index contributed by atoms with van der Waals surface area (Å²) in [5, 5.41) is 2.91. The molecule has 3 rings (SSSR count). The fraction of sp³-hybridized carbons (Fsp3) is 0.250. The van der Waals surface area contributed by atoms with Crippen LogP contribution in [0.1, 0.15) is 29.7 Å². The van der Waals surface area contributed by atoms with Crippen LogP contribution in [0.5, 0.6) is 11.5 Å². The van der Waals surface area contributed by atoms with Crippen molar-refractivity contribution in [1.29, 1.82) is 0 Å². The van der Waals surface area contributed by atoms with Crippen LogP contribution in [0.15, 0.2) is 42.5 Å². The number of carbonyl (C=O) groups excluding carboxylic acids is 1. The van der Waals surface area contributed by atoms with E-state index >= 15 is 0 Å². The van der Waals surface area contributed by atoms with Crippen molar-refractivity contribution in [2.45, 2.75) is 19.9 Å². The van der Waals surface area contributed by atoms with Crippen LogP contribution >= 0.6 is 0 Å². The molecule has 0 saturated heterocycles. The van der Waals surface area contributed by atoms with Crippen LogP contribution in [0.25, 0.3) is 6.08 Å². The molecule has 1 aliphatic heterocycles. The molecule has 1 heterocycles. The minimum atomic E-state index is -0.286. The van der Waals surface area contributed by atoms with Gasteiger partial charge in [0, 0.05) is 6.08 Å². The van der Waals surface area contributed by atoms with Crippen molar-refractivity contribution in [3.8, 4) is 11.5 Å². The Morgan fingerprint density at radius 2 is 1.92 bits per heavy atom. The molecule has 0 spiro atoms. The molecule has 1 atom stereocenters. The lowest BCUT2D eigenvalue weighted by molar-refractivity contribution is -0.117. The van der Waals surface area contributed by atoms with Crippen LogP contribution in [0, 0.1) is 12.7 Å². The van der Waals surface area contributed by atoms with E-state index in [0.29, 0.717) is 19.0 Å². The summed E-state index contributed by atoms with van der Waals surface area (Å²) >= 11 is 0. The molecule has 1 N–H and O–H groups in total. The molecule has 2 aromatic rings. The zero-order valence-corrected chi connectivity index (χ0v) is 14.2. The molecule has 0 aliphatic carbocycles. The first-order chi connectivity index (χ1) is 12.0. The van der Waals surface area contributed by atoms with Crippen molar-refractivity contribution >= 4 is 12.0 Å². The van der Waals surface area contributed by atoms with Gasteiger partial charge in [0.05, 0.1) is 6.04 Å². The molecule has 4 nitrogen and oxygen atoms in total. The predicted octanol–water partition coefficient (Wildman–Crippen LogP) is 3.80. The predicted molar refractivity (Wildman–Crippen MR) is 94.2 cm³/mol. The summed E-state index contributed by atoms with van der Waals surface area (Å²) in [7, 11) is 0. The van der Waals surface area contributed by atoms with Gasteiger partial charge in [-0.25, -0.2) is 4.39 Å².